The summed E-state index contributed by atoms with van der Waals surface area (Å²) in [5, 5.41) is 0.183. The zero-order valence-electron chi connectivity index (χ0n) is 12.8. The van der Waals surface area contributed by atoms with Crippen LogP contribution in [0.25, 0.3) is 0 Å². The van der Waals surface area contributed by atoms with Crippen LogP contribution in [0.15, 0.2) is 16.9 Å². The smallest absolute Gasteiger partial charge is 0.308 e. The van der Waals surface area contributed by atoms with Crippen molar-refractivity contribution in [2.75, 3.05) is 24.9 Å². The Morgan fingerprint density at radius 1 is 1.32 bits per heavy atom. The molecule has 0 aliphatic carbocycles. The fourth-order valence-electron chi connectivity index (χ4n) is 4.29. The molecule has 2 unspecified atom stereocenters. The largest absolute Gasteiger partial charge is 0.474 e. The first kappa shape index (κ1) is 13.0. The fraction of sp³-hybridized carbons (Fsp3) is 0.786. The summed E-state index contributed by atoms with van der Waals surface area (Å²) in [5.74, 6) is 1.24. The Hall–Kier alpha value is -0.965. The average molecular weight is 262 g/mol. The molecule has 1 aromatic heterocycles. The van der Waals surface area contributed by atoms with E-state index in [9.17, 15) is 0 Å². The number of anilines is 1. The summed E-state index contributed by atoms with van der Waals surface area (Å²) in [7, 11) is 2.25. The molecular weight excluding hydrogens is 237 g/mol. The molecule has 0 bridgehead atoms. The third-order valence-corrected chi connectivity index (χ3v) is 5.96. The molecule has 0 amide bonds. The van der Waals surface area contributed by atoms with Crippen LogP contribution in [0.1, 0.15) is 40.5 Å². The average Bonchev–Trinajstić information content (AvgIpc) is 3.02. The molecule has 0 spiro atoms. The second-order valence-electron chi connectivity index (χ2n) is 6.51. The maximum Gasteiger partial charge on any atom is 0.474 e. The third-order valence-electron chi connectivity index (χ3n) is 5.96. The molecule has 2 aliphatic rings. The van der Waals surface area contributed by atoms with Crippen LogP contribution in [0, 0.1) is 0 Å². The van der Waals surface area contributed by atoms with Crippen molar-refractivity contribution in [2.45, 2.75) is 51.4 Å². The van der Waals surface area contributed by atoms with Gasteiger partial charge in [0.05, 0.1) is 17.9 Å². The maximum atomic E-state index is 5.86. The summed E-state index contributed by atoms with van der Waals surface area (Å²) < 4.78 is 8.02. The molecule has 3 heterocycles. The Labute approximate surface area is 116 Å². The lowest BCUT2D eigenvalue weighted by Gasteiger charge is -2.48. The van der Waals surface area contributed by atoms with Gasteiger partial charge in [-0.1, -0.05) is 25.5 Å². The van der Waals surface area contributed by atoms with E-state index in [4.69, 9.17) is 4.52 Å². The number of hydrogen-bond donors (Lipinski definition) is 0. The van der Waals surface area contributed by atoms with Crippen molar-refractivity contribution in [3.05, 3.63) is 12.3 Å². The Morgan fingerprint density at radius 2 is 2.05 bits per heavy atom. The van der Waals surface area contributed by atoms with E-state index in [-0.39, 0.29) is 10.9 Å². The first-order valence-electron chi connectivity index (χ1n) is 7.47. The van der Waals surface area contributed by atoms with E-state index < -0.39 is 0 Å². The summed E-state index contributed by atoms with van der Waals surface area (Å²) in [5.41, 5.74) is 0.0281. The minimum atomic E-state index is 0.0281. The summed E-state index contributed by atoms with van der Waals surface area (Å²) in [6.45, 7) is 12.1. The summed E-state index contributed by atoms with van der Waals surface area (Å²) in [4.78, 5) is 5.03. The molecule has 0 aromatic carbocycles. The van der Waals surface area contributed by atoms with Gasteiger partial charge in [0.15, 0.2) is 11.8 Å². The van der Waals surface area contributed by atoms with Gasteiger partial charge in [0.25, 0.3) is 5.82 Å². The van der Waals surface area contributed by atoms with Gasteiger partial charge in [0.1, 0.15) is 0 Å². The molecular formula is C14H25BN3O+. The summed E-state index contributed by atoms with van der Waals surface area (Å²) in [6, 6.07) is 2.12. The van der Waals surface area contributed by atoms with Crippen LogP contribution in [0.5, 0.6) is 0 Å². The summed E-state index contributed by atoms with van der Waals surface area (Å²) >= 11 is 0. The minimum absolute atomic E-state index is 0.0281. The molecule has 2 aliphatic heterocycles. The lowest BCUT2D eigenvalue weighted by atomic mass is 9.40. The quantitative estimate of drug-likeness (QED) is 0.602. The molecule has 0 N–H and O–H groups in total. The summed E-state index contributed by atoms with van der Waals surface area (Å²) in [6.07, 6.45) is 4.07. The van der Waals surface area contributed by atoms with Crippen LogP contribution in [-0.2, 0) is 5.54 Å². The highest BCUT2D eigenvalue weighted by Crippen LogP contribution is 2.54. The highest BCUT2D eigenvalue weighted by atomic mass is 16.5. The molecule has 4 nitrogen and oxygen atoms in total. The first-order chi connectivity index (χ1) is 8.99. The zero-order chi connectivity index (χ0) is 13.8. The van der Waals surface area contributed by atoms with Gasteiger partial charge in [-0.2, -0.15) is 0 Å². The molecule has 5 heteroatoms. The van der Waals surface area contributed by atoms with Crippen LogP contribution in [-0.4, -0.2) is 31.9 Å². The van der Waals surface area contributed by atoms with Crippen molar-refractivity contribution in [1.82, 2.24) is 4.81 Å². The minimum Gasteiger partial charge on any atom is -0.308 e. The number of fused-ring (bicyclic) bond motifs is 3. The lowest BCUT2D eigenvalue weighted by molar-refractivity contribution is -0.907. The van der Waals surface area contributed by atoms with Crippen LogP contribution < -0.4 is 9.55 Å². The van der Waals surface area contributed by atoms with Gasteiger partial charge in [0, 0.05) is 6.54 Å². The van der Waals surface area contributed by atoms with E-state index >= 15 is 0 Å². The lowest BCUT2D eigenvalue weighted by Crippen LogP contribution is -2.73. The van der Waals surface area contributed by atoms with E-state index in [1.165, 1.54) is 5.82 Å². The van der Waals surface area contributed by atoms with Gasteiger partial charge >= 0.3 is 6.98 Å². The van der Waals surface area contributed by atoms with E-state index in [0.717, 1.165) is 25.9 Å². The molecule has 104 valence electrons. The predicted octanol–water partition coefficient (Wildman–Crippen LogP) is 2.12. The van der Waals surface area contributed by atoms with Crippen molar-refractivity contribution < 1.29 is 9.26 Å². The van der Waals surface area contributed by atoms with Crippen LogP contribution in [0.4, 0.5) is 5.82 Å². The number of hydrogen-bond acceptors (Lipinski definition) is 3. The third kappa shape index (κ3) is 1.37. The van der Waals surface area contributed by atoms with Crippen molar-refractivity contribution in [3.63, 3.8) is 0 Å². The normalized spacial score (nSPS) is 34.6. The van der Waals surface area contributed by atoms with Crippen LogP contribution in [0.3, 0.4) is 0 Å². The predicted molar refractivity (Wildman–Crippen MR) is 77.2 cm³/mol. The Kier molecular flexibility index (Phi) is 2.75. The monoisotopic (exact) mass is 262 g/mol. The molecule has 0 radical (unpaired) electrons. The molecule has 2 atom stereocenters. The van der Waals surface area contributed by atoms with Crippen molar-refractivity contribution >= 4 is 12.8 Å². The Balaban J connectivity index is 2.24. The highest BCUT2D eigenvalue weighted by molar-refractivity contribution is 6.64. The topological polar surface area (TPSA) is 23.5 Å². The van der Waals surface area contributed by atoms with Crippen molar-refractivity contribution in [3.8, 4) is 0 Å². The van der Waals surface area contributed by atoms with Crippen molar-refractivity contribution in [1.29, 1.82) is 0 Å². The van der Waals surface area contributed by atoms with E-state index in [1.54, 1.807) is 0 Å². The Morgan fingerprint density at radius 3 is 2.68 bits per heavy atom. The number of aromatic nitrogens is 1. The molecule has 1 fully saturated rings. The number of rotatable bonds is 2. The van der Waals surface area contributed by atoms with Gasteiger partial charge in [-0.05, 0) is 26.8 Å². The second-order valence-corrected chi connectivity index (χ2v) is 6.51. The first-order valence-corrected chi connectivity index (χ1v) is 7.47. The number of likely N-dealkylation sites (N-methyl/N-ethyl adjacent to an activating group) is 1. The number of nitrogens with zero attached hydrogens (tertiary/aromatic N) is 3. The molecule has 19 heavy (non-hydrogen) atoms. The fourth-order valence-corrected chi connectivity index (χ4v) is 4.29. The molecule has 1 aromatic rings. The molecule has 0 saturated carbocycles. The Bertz CT molecular complexity index is 491. The van der Waals surface area contributed by atoms with Gasteiger partial charge < -0.3 is 9.33 Å². The molecule has 1 saturated heterocycles. The van der Waals surface area contributed by atoms with Crippen molar-refractivity contribution in [2.24, 2.45) is 0 Å². The standard InChI is InChI=1S/C14H25BN3O/c1-6-13(3)14(4,7-2)18-12(8-11-19-18)17-10-9-16(5)15(13)17/h8,11H,6-7,9-10H2,1-5H3/q+1. The zero-order valence-corrected chi connectivity index (χ0v) is 12.8. The van der Waals surface area contributed by atoms with Gasteiger partial charge in [0.2, 0.25) is 0 Å². The van der Waals surface area contributed by atoms with Gasteiger partial charge in [-0.15, -0.1) is 0 Å². The van der Waals surface area contributed by atoms with E-state index in [2.05, 4.69) is 55.2 Å². The van der Waals surface area contributed by atoms with Crippen LogP contribution >= 0.6 is 0 Å². The highest BCUT2D eigenvalue weighted by Gasteiger charge is 2.69. The SMILES string of the molecule is CCC1(C)B2N(C)CCN2c2cco[n+]2C1(C)CC. The van der Waals surface area contributed by atoms with E-state index in [0.29, 0.717) is 6.98 Å². The second kappa shape index (κ2) is 4.01. The van der Waals surface area contributed by atoms with Gasteiger partial charge in [-0.25, -0.2) is 0 Å². The van der Waals surface area contributed by atoms with Gasteiger partial charge in [-0.3, -0.25) is 4.81 Å². The molecule has 3 rings (SSSR count). The maximum absolute atomic E-state index is 5.86. The van der Waals surface area contributed by atoms with E-state index in [1.807, 2.05) is 6.26 Å². The van der Waals surface area contributed by atoms with Crippen LogP contribution in [0.2, 0.25) is 5.31 Å².